The zero-order valence-electron chi connectivity index (χ0n) is 15.4. The predicted octanol–water partition coefficient (Wildman–Crippen LogP) is 7.39. The second-order valence-corrected chi connectivity index (χ2v) is 8.26. The lowest BCUT2D eigenvalue weighted by atomic mass is 9.90. The average Bonchev–Trinajstić information content (AvgIpc) is 2.55. The molecule has 0 heterocycles. The Kier molecular flexibility index (Phi) is 7.87. The van der Waals surface area contributed by atoms with Crippen LogP contribution >= 0.6 is 39.1 Å². The van der Waals surface area contributed by atoms with Crippen LogP contribution < -0.4 is 9.47 Å². The molecule has 0 aliphatic rings. The van der Waals surface area contributed by atoms with E-state index in [1.807, 2.05) is 26.0 Å². The van der Waals surface area contributed by atoms with Gasteiger partial charge in [-0.2, -0.15) is 0 Å². The fourth-order valence-electron chi connectivity index (χ4n) is 2.76. The molecule has 0 saturated carbocycles. The first-order chi connectivity index (χ1) is 12.3. The zero-order chi connectivity index (χ0) is 19.3. The number of benzene rings is 2. The molecule has 0 bridgehead atoms. The van der Waals surface area contributed by atoms with Crippen molar-refractivity contribution >= 4 is 39.1 Å². The summed E-state index contributed by atoms with van der Waals surface area (Å²) in [5.74, 6) is 1.92. The summed E-state index contributed by atoms with van der Waals surface area (Å²) in [6.07, 6.45) is 1.78. The third-order valence-electron chi connectivity index (χ3n) is 4.01. The second kappa shape index (κ2) is 9.68. The standard InChI is InChI=1S/C21H23BrCl2O2/c1-13(2)26-17-6-7-18(14(3)11-17)15(4)16-5-8-20(19(22)12-16)25-10-9-21(23)24/h5-9,11-13,15H,10H2,1-4H3. The van der Waals surface area contributed by atoms with E-state index in [0.29, 0.717) is 6.61 Å². The highest BCUT2D eigenvalue weighted by Crippen LogP contribution is 2.34. The van der Waals surface area contributed by atoms with Crippen LogP contribution in [0.1, 0.15) is 43.4 Å². The van der Waals surface area contributed by atoms with Crippen LogP contribution in [-0.4, -0.2) is 12.7 Å². The molecule has 1 atom stereocenters. The zero-order valence-corrected chi connectivity index (χ0v) is 18.5. The molecule has 2 aromatic carbocycles. The third kappa shape index (κ3) is 5.94. The first kappa shape index (κ1) is 21.1. The van der Waals surface area contributed by atoms with E-state index in [1.165, 1.54) is 16.7 Å². The van der Waals surface area contributed by atoms with E-state index in [1.54, 1.807) is 6.08 Å². The van der Waals surface area contributed by atoms with Crippen molar-refractivity contribution < 1.29 is 9.47 Å². The van der Waals surface area contributed by atoms with Crippen molar-refractivity contribution in [2.75, 3.05) is 6.61 Å². The van der Waals surface area contributed by atoms with Crippen LogP contribution in [0.3, 0.4) is 0 Å². The molecular weight excluding hydrogens is 435 g/mol. The van der Waals surface area contributed by atoms with Gasteiger partial charge in [0.05, 0.1) is 10.6 Å². The highest BCUT2D eigenvalue weighted by molar-refractivity contribution is 9.10. The van der Waals surface area contributed by atoms with Gasteiger partial charge in [-0.1, -0.05) is 42.3 Å². The Morgan fingerprint density at radius 1 is 1.12 bits per heavy atom. The highest BCUT2D eigenvalue weighted by Gasteiger charge is 2.14. The Balaban J connectivity index is 2.17. The Labute approximate surface area is 174 Å². The van der Waals surface area contributed by atoms with Crippen molar-refractivity contribution in [3.63, 3.8) is 0 Å². The summed E-state index contributed by atoms with van der Waals surface area (Å²) in [7, 11) is 0. The van der Waals surface area contributed by atoms with Crippen molar-refractivity contribution in [3.8, 4) is 11.5 Å². The summed E-state index contributed by atoms with van der Waals surface area (Å²) in [4.78, 5) is 0. The Morgan fingerprint density at radius 2 is 1.85 bits per heavy atom. The van der Waals surface area contributed by atoms with Gasteiger partial charge in [0.2, 0.25) is 0 Å². The molecule has 140 valence electrons. The minimum atomic E-state index is 0.171. The summed E-state index contributed by atoms with van der Waals surface area (Å²) in [6, 6.07) is 12.4. The normalized spacial score (nSPS) is 12.0. The van der Waals surface area contributed by atoms with Crippen molar-refractivity contribution in [2.45, 2.75) is 39.7 Å². The van der Waals surface area contributed by atoms with Crippen LogP contribution in [0.25, 0.3) is 0 Å². The summed E-state index contributed by atoms with van der Waals surface area (Å²) >= 11 is 14.8. The van der Waals surface area contributed by atoms with Crippen molar-refractivity contribution in [2.24, 2.45) is 0 Å². The number of hydrogen-bond donors (Lipinski definition) is 0. The molecule has 0 aliphatic carbocycles. The van der Waals surface area contributed by atoms with Crippen LogP contribution in [0, 0.1) is 6.92 Å². The Morgan fingerprint density at radius 3 is 2.42 bits per heavy atom. The molecule has 1 unspecified atom stereocenters. The van der Waals surface area contributed by atoms with Gasteiger partial charge < -0.3 is 9.47 Å². The number of halogens is 3. The van der Waals surface area contributed by atoms with Crippen LogP contribution in [0.2, 0.25) is 0 Å². The molecule has 0 N–H and O–H groups in total. The lowest BCUT2D eigenvalue weighted by Crippen LogP contribution is -2.06. The molecule has 2 rings (SSSR count). The van der Waals surface area contributed by atoms with Crippen molar-refractivity contribution in [3.05, 3.63) is 68.1 Å². The van der Waals surface area contributed by atoms with Gasteiger partial charge in [-0.15, -0.1) is 0 Å². The Hall–Kier alpha value is -1.16. The quantitative estimate of drug-likeness (QED) is 0.431. The molecule has 0 spiro atoms. The van der Waals surface area contributed by atoms with Gasteiger partial charge in [-0.05, 0) is 83.7 Å². The largest absolute Gasteiger partial charge is 0.491 e. The van der Waals surface area contributed by atoms with E-state index >= 15 is 0 Å². The molecule has 2 nitrogen and oxygen atoms in total. The summed E-state index contributed by atoms with van der Waals surface area (Å²) < 4.78 is 12.5. The van der Waals surface area contributed by atoms with E-state index in [2.05, 4.69) is 54.0 Å². The third-order valence-corrected chi connectivity index (χ3v) is 4.94. The lowest BCUT2D eigenvalue weighted by molar-refractivity contribution is 0.242. The lowest BCUT2D eigenvalue weighted by Gasteiger charge is -2.18. The summed E-state index contributed by atoms with van der Waals surface area (Å²) in [5.41, 5.74) is 3.70. The first-order valence-electron chi connectivity index (χ1n) is 8.48. The van der Waals surface area contributed by atoms with Gasteiger partial charge in [-0.3, -0.25) is 0 Å². The maximum absolute atomic E-state index is 5.78. The fraction of sp³-hybridized carbons (Fsp3) is 0.333. The molecule has 2 aromatic rings. The molecule has 0 aromatic heterocycles. The van der Waals surface area contributed by atoms with Gasteiger partial charge in [0.1, 0.15) is 22.6 Å². The maximum Gasteiger partial charge on any atom is 0.133 e. The van der Waals surface area contributed by atoms with Crippen LogP contribution in [0.15, 0.2) is 51.4 Å². The number of rotatable bonds is 7. The van der Waals surface area contributed by atoms with Gasteiger partial charge in [0, 0.05) is 5.92 Å². The maximum atomic E-state index is 5.78. The molecule has 5 heteroatoms. The number of ether oxygens (including phenoxy) is 2. The summed E-state index contributed by atoms with van der Waals surface area (Å²) in [5, 5.41) is 0. The number of aryl methyl sites for hydroxylation is 1. The van der Waals surface area contributed by atoms with Gasteiger partial charge >= 0.3 is 0 Å². The van der Waals surface area contributed by atoms with Gasteiger partial charge in [-0.25, -0.2) is 0 Å². The molecule has 0 saturated heterocycles. The van der Waals surface area contributed by atoms with E-state index in [9.17, 15) is 0 Å². The Bertz CT molecular complexity index is 784. The SMILES string of the molecule is Cc1cc(OC(C)C)ccc1C(C)c1ccc(OCC=C(Cl)Cl)c(Br)c1. The van der Waals surface area contributed by atoms with E-state index in [4.69, 9.17) is 32.7 Å². The van der Waals surface area contributed by atoms with Crippen molar-refractivity contribution in [1.29, 1.82) is 0 Å². The van der Waals surface area contributed by atoms with Crippen LogP contribution in [0.4, 0.5) is 0 Å². The molecule has 0 radical (unpaired) electrons. The fourth-order valence-corrected chi connectivity index (χ4v) is 3.39. The van der Waals surface area contributed by atoms with Crippen LogP contribution in [-0.2, 0) is 0 Å². The van der Waals surface area contributed by atoms with Gasteiger partial charge in [0.15, 0.2) is 0 Å². The first-order valence-corrected chi connectivity index (χ1v) is 10.0. The van der Waals surface area contributed by atoms with E-state index in [0.717, 1.165) is 16.0 Å². The smallest absolute Gasteiger partial charge is 0.133 e. The molecule has 0 amide bonds. The second-order valence-electron chi connectivity index (χ2n) is 6.40. The topological polar surface area (TPSA) is 18.5 Å². The molecule has 0 fully saturated rings. The van der Waals surface area contributed by atoms with E-state index in [-0.39, 0.29) is 16.5 Å². The van der Waals surface area contributed by atoms with Crippen LogP contribution in [0.5, 0.6) is 11.5 Å². The monoisotopic (exact) mass is 456 g/mol. The molecule has 0 aliphatic heterocycles. The average molecular weight is 458 g/mol. The predicted molar refractivity (Wildman–Crippen MR) is 114 cm³/mol. The molecule has 26 heavy (non-hydrogen) atoms. The van der Waals surface area contributed by atoms with Crippen molar-refractivity contribution in [1.82, 2.24) is 0 Å². The minimum absolute atomic E-state index is 0.171. The van der Waals surface area contributed by atoms with E-state index < -0.39 is 0 Å². The highest BCUT2D eigenvalue weighted by atomic mass is 79.9. The number of hydrogen-bond acceptors (Lipinski definition) is 2. The van der Waals surface area contributed by atoms with Gasteiger partial charge in [0.25, 0.3) is 0 Å². The summed E-state index contributed by atoms with van der Waals surface area (Å²) in [6.45, 7) is 8.71. The molecular formula is C21H23BrCl2O2. The minimum Gasteiger partial charge on any atom is -0.491 e.